The van der Waals surface area contributed by atoms with Gasteiger partial charge < -0.3 is 14.9 Å². The van der Waals surface area contributed by atoms with Crippen LogP contribution in [0.4, 0.5) is 0 Å². The highest BCUT2D eigenvalue weighted by atomic mass is 16.6. The highest BCUT2D eigenvalue weighted by molar-refractivity contribution is 5.72. The van der Waals surface area contributed by atoms with Crippen LogP contribution in [0.5, 0.6) is 11.5 Å². The molecule has 1 fully saturated rings. The Kier molecular flexibility index (Phi) is 3.43. The topological polar surface area (TPSA) is 66.8 Å². The number of ether oxygens (including phenoxy) is 1. The first-order valence-electron chi connectivity index (χ1n) is 6.55. The first-order chi connectivity index (χ1) is 8.82. The molecule has 1 atom stereocenters. The molecular weight excluding hydrogens is 244 g/mol. The van der Waals surface area contributed by atoms with Gasteiger partial charge in [0.05, 0.1) is 0 Å². The maximum absolute atomic E-state index is 11.2. The van der Waals surface area contributed by atoms with E-state index in [1.807, 2.05) is 6.92 Å². The highest BCUT2D eigenvalue weighted by Gasteiger charge is 2.35. The maximum atomic E-state index is 11.2. The van der Waals surface area contributed by atoms with E-state index < -0.39 is 5.60 Å². The minimum absolute atomic E-state index is 0.158. The lowest BCUT2D eigenvalue weighted by molar-refractivity contribution is -0.147. The molecule has 0 aromatic heterocycles. The van der Waals surface area contributed by atoms with Crippen molar-refractivity contribution in [2.75, 3.05) is 0 Å². The number of hydrogen-bond acceptors (Lipinski definition) is 4. The predicted molar refractivity (Wildman–Crippen MR) is 71.3 cm³/mol. The SMILES string of the molecule is Cc1c(O)cc(CCC2(C)CCC(=O)O2)c(O)c1C. The Hall–Kier alpha value is -1.71. The van der Waals surface area contributed by atoms with Gasteiger partial charge in [-0.25, -0.2) is 0 Å². The summed E-state index contributed by atoms with van der Waals surface area (Å²) < 4.78 is 5.31. The van der Waals surface area contributed by atoms with Gasteiger partial charge in [-0.1, -0.05) is 0 Å². The first-order valence-corrected chi connectivity index (χ1v) is 6.55. The van der Waals surface area contributed by atoms with E-state index in [2.05, 4.69) is 0 Å². The molecule has 19 heavy (non-hydrogen) atoms. The van der Waals surface area contributed by atoms with E-state index in [9.17, 15) is 15.0 Å². The molecule has 4 heteroatoms. The molecule has 1 aliphatic heterocycles. The molecule has 0 radical (unpaired) electrons. The Bertz CT molecular complexity index is 521. The molecule has 2 rings (SSSR count). The minimum Gasteiger partial charge on any atom is -0.508 e. The molecule has 0 spiro atoms. The van der Waals surface area contributed by atoms with Gasteiger partial charge in [0.2, 0.25) is 0 Å². The third-order valence-electron chi connectivity index (χ3n) is 4.06. The Morgan fingerprint density at radius 1 is 1.32 bits per heavy atom. The van der Waals surface area contributed by atoms with E-state index in [1.165, 1.54) is 0 Å². The monoisotopic (exact) mass is 264 g/mol. The summed E-state index contributed by atoms with van der Waals surface area (Å²) in [5.74, 6) is 0.261. The van der Waals surface area contributed by atoms with Gasteiger partial charge >= 0.3 is 5.97 Å². The van der Waals surface area contributed by atoms with Crippen LogP contribution in [0.15, 0.2) is 6.07 Å². The molecule has 0 amide bonds. The van der Waals surface area contributed by atoms with E-state index in [0.717, 1.165) is 0 Å². The van der Waals surface area contributed by atoms with Crippen molar-refractivity contribution in [1.82, 2.24) is 0 Å². The molecule has 1 aromatic carbocycles. The van der Waals surface area contributed by atoms with Crippen LogP contribution in [-0.2, 0) is 16.0 Å². The van der Waals surface area contributed by atoms with Gasteiger partial charge in [0.25, 0.3) is 0 Å². The summed E-state index contributed by atoms with van der Waals surface area (Å²) in [7, 11) is 0. The lowest BCUT2D eigenvalue weighted by atomic mass is 9.92. The molecule has 1 aromatic rings. The molecular formula is C15H20O4. The number of aromatic hydroxyl groups is 2. The zero-order valence-corrected chi connectivity index (χ0v) is 11.6. The van der Waals surface area contributed by atoms with Crippen LogP contribution in [0.25, 0.3) is 0 Å². The lowest BCUT2D eigenvalue weighted by Crippen LogP contribution is -2.24. The summed E-state index contributed by atoms with van der Waals surface area (Å²) in [4.78, 5) is 11.2. The van der Waals surface area contributed by atoms with Crippen molar-refractivity contribution >= 4 is 5.97 Å². The van der Waals surface area contributed by atoms with Crippen LogP contribution in [0, 0.1) is 13.8 Å². The van der Waals surface area contributed by atoms with Crippen molar-refractivity contribution in [1.29, 1.82) is 0 Å². The van der Waals surface area contributed by atoms with Gasteiger partial charge in [-0.15, -0.1) is 0 Å². The number of benzene rings is 1. The van der Waals surface area contributed by atoms with E-state index in [0.29, 0.717) is 42.4 Å². The van der Waals surface area contributed by atoms with Gasteiger partial charge in [0.15, 0.2) is 0 Å². The second-order valence-electron chi connectivity index (χ2n) is 5.58. The van der Waals surface area contributed by atoms with Gasteiger partial charge in [-0.3, -0.25) is 4.79 Å². The highest BCUT2D eigenvalue weighted by Crippen LogP contribution is 2.36. The summed E-state index contributed by atoms with van der Waals surface area (Å²) in [6.07, 6.45) is 2.39. The minimum atomic E-state index is -0.446. The molecule has 0 bridgehead atoms. The van der Waals surface area contributed by atoms with E-state index in [-0.39, 0.29) is 17.5 Å². The summed E-state index contributed by atoms with van der Waals surface area (Å²) >= 11 is 0. The average Bonchev–Trinajstić information content (AvgIpc) is 2.70. The van der Waals surface area contributed by atoms with Crippen LogP contribution < -0.4 is 0 Å². The van der Waals surface area contributed by atoms with Crippen molar-refractivity contribution in [3.8, 4) is 11.5 Å². The normalized spacial score (nSPS) is 22.6. The maximum Gasteiger partial charge on any atom is 0.306 e. The summed E-state index contributed by atoms with van der Waals surface area (Å²) in [5.41, 5.74) is 1.64. The smallest absolute Gasteiger partial charge is 0.306 e. The van der Waals surface area contributed by atoms with Gasteiger partial charge in [-0.2, -0.15) is 0 Å². The van der Waals surface area contributed by atoms with E-state index in [1.54, 1.807) is 19.9 Å². The quantitative estimate of drug-likeness (QED) is 0.650. The third kappa shape index (κ3) is 2.67. The second-order valence-corrected chi connectivity index (χ2v) is 5.58. The zero-order valence-electron chi connectivity index (χ0n) is 11.6. The molecule has 2 N–H and O–H groups in total. The van der Waals surface area contributed by atoms with Crippen molar-refractivity contribution in [3.63, 3.8) is 0 Å². The summed E-state index contributed by atoms with van der Waals surface area (Å²) in [6.45, 7) is 5.47. The van der Waals surface area contributed by atoms with Gasteiger partial charge in [0.1, 0.15) is 17.1 Å². The number of aryl methyl sites for hydroxylation is 1. The zero-order chi connectivity index (χ0) is 14.2. The standard InChI is InChI=1S/C15H20O4/c1-9-10(2)14(18)11(8-12(9)16)4-6-15(3)7-5-13(17)19-15/h8,16,18H,4-7H2,1-3H3. The molecule has 104 valence electrons. The second kappa shape index (κ2) is 4.76. The largest absolute Gasteiger partial charge is 0.508 e. The number of hydrogen-bond donors (Lipinski definition) is 2. The molecule has 0 saturated carbocycles. The molecule has 1 aliphatic rings. The molecule has 1 unspecified atom stereocenters. The fraction of sp³-hybridized carbons (Fsp3) is 0.533. The first kappa shape index (κ1) is 13.7. The van der Waals surface area contributed by atoms with Crippen LogP contribution in [0.3, 0.4) is 0 Å². The van der Waals surface area contributed by atoms with Crippen LogP contribution >= 0.6 is 0 Å². The predicted octanol–water partition coefficient (Wildman–Crippen LogP) is 2.74. The number of phenolic OH excluding ortho intramolecular Hbond substituents is 2. The molecule has 4 nitrogen and oxygen atoms in total. The van der Waals surface area contributed by atoms with Crippen molar-refractivity contribution in [2.45, 2.75) is 52.1 Å². The molecule has 1 saturated heterocycles. The fourth-order valence-electron chi connectivity index (χ4n) is 2.46. The number of carbonyl (C=O) groups excluding carboxylic acids is 1. The van der Waals surface area contributed by atoms with Crippen molar-refractivity contribution in [3.05, 3.63) is 22.8 Å². The summed E-state index contributed by atoms with van der Waals surface area (Å²) in [5, 5.41) is 19.9. The molecule has 1 heterocycles. The van der Waals surface area contributed by atoms with E-state index in [4.69, 9.17) is 4.74 Å². The van der Waals surface area contributed by atoms with Crippen molar-refractivity contribution in [2.24, 2.45) is 0 Å². The Morgan fingerprint density at radius 2 is 2.00 bits per heavy atom. The van der Waals surface area contributed by atoms with Crippen LogP contribution in [0.2, 0.25) is 0 Å². The van der Waals surface area contributed by atoms with Crippen molar-refractivity contribution < 1.29 is 19.7 Å². The lowest BCUT2D eigenvalue weighted by Gasteiger charge is -2.23. The fourth-order valence-corrected chi connectivity index (χ4v) is 2.46. The molecule has 0 aliphatic carbocycles. The third-order valence-corrected chi connectivity index (χ3v) is 4.06. The average molecular weight is 264 g/mol. The van der Waals surface area contributed by atoms with Gasteiger partial charge in [0, 0.05) is 6.42 Å². The Labute approximate surface area is 113 Å². The number of carbonyl (C=O) groups is 1. The van der Waals surface area contributed by atoms with Gasteiger partial charge in [-0.05, 0) is 62.8 Å². The Morgan fingerprint density at radius 3 is 2.58 bits per heavy atom. The van der Waals surface area contributed by atoms with Crippen LogP contribution in [0.1, 0.15) is 42.9 Å². The Balaban J connectivity index is 2.14. The number of rotatable bonds is 3. The van der Waals surface area contributed by atoms with Crippen LogP contribution in [-0.4, -0.2) is 21.8 Å². The summed E-state index contributed by atoms with van der Waals surface area (Å²) in [6, 6.07) is 1.60. The number of phenols is 2. The van der Waals surface area contributed by atoms with E-state index >= 15 is 0 Å². The number of cyclic esters (lactones) is 1. The number of esters is 1.